The first-order valence-corrected chi connectivity index (χ1v) is 8.49. The summed E-state index contributed by atoms with van der Waals surface area (Å²) in [5.41, 5.74) is 5.18. The van der Waals surface area contributed by atoms with Crippen LogP contribution in [0, 0.1) is 5.82 Å². The molecule has 0 bridgehead atoms. The molecule has 2 aromatic rings. The Morgan fingerprint density at radius 1 is 1.35 bits per heavy atom. The summed E-state index contributed by atoms with van der Waals surface area (Å²) >= 11 is 5.99. The second-order valence-electron chi connectivity index (χ2n) is 5.97. The molecule has 1 fully saturated rings. The Kier molecular flexibility index (Phi) is 5.37. The minimum absolute atomic E-state index is 0.0817. The van der Waals surface area contributed by atoms with Crippen molar-refractivity contribution in [1.29, 1.82) is 0 Å². The maximum Gasteiger partial charge on any atom is 0.267 e. The predicted molar refractivity (Wildman–Crippen MR) is 93.7 cm³/mol. The summed E-state index contributed by atoms with van der Waals surface area (Å²) in [6.45, 7) is 0.782. The van der Waals surface area contributed by atoms with Gasteiger partial charge < -0.3 is 15.4 Å². The average Bonchev–Trinajstić information content (AvgIpc) is 2.62. The van der Waals surface area contributed by atoms with Crippen molar-refractivity contribution in [2.45, 2.75) is 18.9 Å². The lowest BCUT2D eigenvalue weighted by Gasteiger charge is -2.33. The van der Waals surface area contributed by atoms with Crippen LogP contribution in [0.2, 0.25) is 5.02 Å². The molecular weight excluding hydrogens is 361 g/mol. The quantitative estimate of drug-likeness (QED) is 0.887. The van der Waals surface area contributed by atoms with E-state index in [2.05, 4.69) is 4.98 Å². The highest BCUT2D eigenvalue weighted by molar-refractivity contribution is 6.33. The van der Waals surface area contributed by atoms with Gasteiger partial charge in [0.2, 0.25) is 0 Å². The van der Waals surface area contributed by atoms with Crippen LogP contribution >= 0.6 is 11.6 Å². The number of primary amides is 1. The van der Waals surface area contributed by atoms with Gasteiger partial charge in [-0.25, -0.2) is 4.39 Å². The van der Waals surface area contributed by atoms with E-state index in [0.717, 1.165) is 6.42 Å². The molecule has 2 N–H and O–H groups in total. The lowest BCUT2D eigenvalue weighted by atomic mass is 10.1. The molecule has 26 heavy (non-hydrogen) atoms. The standard InChI is InChI=1S/C18H17ClFN3O3/c19-13-4-1-5-14(20)16(13)18(25)23-8-2-3-12(10-23)26-11-6-7-22-15(9-11)17(21)24/h1,4-7,9,12H,2-3,8,10H2,(H2,21,24). The molecular formula is C18H17ClFN3O3. The topological polar surface area (TPSA) is 85.5 Å². The summed E-state index contributed by atoms with van der Waals surface area (Å²) in [6, 6.07) is 7.21. The van der Waals surface area contributed by atoms with Crippen molar-refractivity contribution >= 4 is 23.4 Å². The number of halogens is 2. The van der Waals surface area contributed by atoms with Crippen LogP contribution in [0.1, 0.15) is 33.7 Å². The van der Waals surface area contributed by atoms with Crippen molar-refractivity contribution in [3.8, 4) is 5.75 Å². The molecule has 0 aliphatic carbocycles. The first-order chi connectivity index (χ1) is 12.5. The van der Waals surface area contributed by atoms with Crippen LogP contribution in [0.4, 0.5) is 4.39 Å². The van der Waals surface area contributed by atoms with Gasteiger partial charge in [-0.1, -0.05) is 17.7 Å². The zero-order valence-corrected chi connectivity index (χ0v) is 14.6. The van der Waals surface area contributed by atoms with Crippen LogP contribution in [0.15, 0.2) is 36.5 Å². The van der Waals surface area contributed by atoms with Gasteiger partial charge in [0.15, 0.2) is 0 Å². The van der Waals surface area contributed by atoms with Crippen molar-refractivity contribution in [1.82, 2.24) is 9.88 Å². The monoisotopic (exact) mass is 377 g/mol. The van der Waals surface area contributed by atoms with E-state index in [4.69, 9.17) is 22.1 Å². The van der Waals surface area contributed by atoms with Crippen molar-refractivity contribution in [2.24, 2.45) is 5.73 Å². The second-order valence-corrected chi connectivity index (χ2v) is 6.38. The highest BCUT2D eigenvalue weighted by atomic mass is 35.5. The fourth-order valence-corrected chi connectivity index (χ4v) is 3.13. The Bertz CT molecular complexity index is 826. The maximum atomic E-state index is 14.0. The minimum atomic E-state index is -0.648. The zero-order valence-electron chi connectivity index (χ0n) is 13.8. The number of pyridine rings is 1. The van der Waals surface area contributed by atoms with Crippen molar-refractivity contribution < 1.29 is 18.7 Å². The molecule has 6 nitrogen and oxygen atoms in total. The number of aromatic nitrogens is 1. The van der Waals surface area contributed by atoms with E-state index in [1.807, 2.05) is 0 Å². The van der Waals surface area contributed by atoms with Gasteiger partial charge in [0, 0.05) is 18.8 Å². The molecule has 0 saturated carbocycles. The first kappa shape index (κ1) is 18.1. The first-order valence-electron chi connectivity index (χ1n) is 8.11. The van der Waals surface area contributed by atoms with E-state index in [1.165, 1.54) is 35.4 Å². The van der Waals surface area contributed by atoms with Crippen molar-refractivity contribution in [3.05, 3.63) is 58.6 Å². The number of carbonyl (C=O) groups excluding carboxylic acids is 2. The Morgan fingerprint density at radius 2 is 2.15 bits per heavy atom. The van der Waals surface area contributed by atoms with Crippen LogP contribution in [-0.2, 0) is 0 Å². The number of hydrogen-bond acceptors (Lipinski definition) is 4. The molecule has 0 radical (unpaired) electrons. The summed E-state index contributed by atoms with van der Waals surface area (Å²) in [5.74, 6) is -1.32. The van der Waals surface area contributed by atoms with Gasteiger partial charge in [-0.05, 0) is 31.0 Å². The van der Waals surface area contributed by atoms with Crippen LogP contribution in [0.5, 0.6) is 5.75 Å². The molecule has 1 aromatic heterocycles. The number of rotatable bonds is 4. The molecule has 0 spiro atoms. The van der Waals surface area contributed by atoms with E-state index in [-0.39, 0.29) is 28.9 Å². The van der Waals surface area contributed by atoms with E-state index in [0.29, 0.717) is 18.7 Å². The number of carbonyl (C=O) groups is 2. The third-order valence-electron chi connectivity index (χ3n) is 4.13. The lowest BCUT2D eigenvalue weighted by Crippen LogP contribution is -2.44. The van der Waals surface area contributed by atoms with Gasteiger partial charge in [-0.15, -0.1) is 0 Å². The molecule has 8 heteroatoms. The average molecular weight is 378 g/mol. The largest absolute Gasteiger partial charge is 0.488 e. The van der Waals surface area contributed by atoms with Crippen LogP contribution in [0.25, 0.3) is 0 Å². The SMILES string of the molecule is NC(=O)c1cc(OC2CCCN(C(=O)c3c(F)cccc3Cl)C2)ccn1. The zero-order chi connectivity index (χ0) is 18.7. The molecule has 136 valence electrons. The van der Waals surface area contributed by atoms with Crippen LogP contribution in [0.3, 0.4) is 0 Å². The molecule has 1 aliphatic heterocycles. The molecule has 3 rings (SSSR count). The number of benzene rings is 1. The van der Waals surface area contributed by atoms with Crippen molar-refractivity contribution in [3.63, 3.8) is 0 Å². The highest BCUT2D eigenvalue weighted by Crippen LogP contribution is 2.24. The van der Waals surface area contributed by atoms with Gasteiger partial charge >= 0.3 is 0 Å². The molecule has 2 heterocycles. The lowest BCUT2D eigenvalue weighted by molar-refractivity contribution is 0.0533. The van der Waals surface area contributed by atoms with Crippen LogP contribution < -0.4 is 10.5 Å². The predicted octanol–water partition coefficient (Wildman–Crippen LogP) is 2.66. The third-order valence-corrected chi connectivity index (χ3v) is 4.44. The van der Waals surface area contributed by atoms with Crippen LogP contribution in [-0.4, -0.2) is 40.9 Å². The van der Waals surface area contributed by atoms with Gasteiger partial charge in [-0.3, -0.25) is 14.6 Å². The van der Waals surface area contributed by atoms with Gasteiger partial charge in [0.1, 0.15) is 23.4 Å². The number of nitrogens with two attached hydrogens (primary N) is 1. The molecule has 1 aromatic carbocycles. The van der Waals surface area contributed by atoms with Gasteiger partial charge in [0.25, 0.3) is 11.8 Å². The minimum Gasteiger partial charge on any atom is -0.488 e. The fraction of sp³-hybridized carbons (Fsp3) is 0.278. The van der Waals surface area contributed by atoms with E-state index < -0.39 is 17.6 Å². The summed E-state index contributed by atoms with van der Waals surface area (Å²) in [4.78, 5) is 29.2. The smallest absolute Gasteiger partial charge is 0.267 e. The number of nitrogens with zero attached hydrogens (tertiary/aromatic N) is 2. The molecule has 1 atom stereocenters. The number of likely N-dealkylation sites (tertiary alicyclic amines) is 1. The Balaban J connectivity index is 1.72. The fourth-order valence-electron chi connectivity index (χ4n) is 2.89. The third kappa shape index (κ3) is 3.94. The van der Waals surface area contributed by atoms with Gasteiger partial charge in [0.05, 0.1) is 17.1 Å². The molecule has 1 saturated heterocycles. The van der Waals surface area contributed by atoms with E-state index >= 15 is 0 Å². The number of amides is 2. The number of hydrogen-bond donors (Lipinski definition) is 1. The number of ether oxygens (including phenoxy) is 1. The maximum absolute atomic E-state index is 14.0. The van der Waals surface area contributed by atoms with Crippen molar-refractivity contribution in [2.75, 3.05) is 13.1 Å². The Morgan fingerprint density at radius 3 is 2.88 bits per heavy atom. The van der Waals surface area contributed by atoms with E-state index in [1.54, 1.807) is 6.07 Å². The summed E-state index contributed by atoms with van der Waals surface area (Å²) in [5, 5.41) is 0.0817. The summed E-state index contributed by atoms with van der Waals surface area (Å²) in [6.07, 6.45) is 2.57. The van der Waals surface area contributed by atoms with E-state index in [9.17, 15) is 14.0 Å². The highest BCUT2D eigenvalue weighted by Gasteiger charge is 2.28. The summed E-state index contributed by atoms with van der Waals surface area (Å²) < 4.78 is 19.9. The molecule has 1 aliphatic rings. The van der Waals surface area contributed by atoms with Gasteiger partial charge in [-0.2, -0.15) is 0 Å². The summed E-state index contributed by atoms with van der Waals surface area (Å²) in [7, 11) is 0. The number of piperidine rings is 1. The molecule has 1 unspecified atom stereocenters. The second kappa shape index (κ2) is 7.70. The Hall–Kier alpha value is -2.67. The Labute approximate surface area is 154 Å². The normalized spacial score (nSPS) is 17.0. The molecule has 2 amide bonds.